The largest absolute Gasteiger partial charge is 0.380 e. The molecule has 9 heteroatoms. The summed E-state index contributed by atoms with van der Waals surface area (Å²) in [5, 5.41) is 0. The lowest BCUT2D eigenvalue weighted by Crippen LogP contribution is -0.868. The lowest BCUT2D eigenvalue weighted by Gasteiger charge is -1.21. The standard InChI is InChI=1S/BH3.4H3OP/c;4*1-2/h1H3;4*1H,2H2. The van der Waals surface area contributed by atoms with Crippen LogP contribution in [0.5, 0.6) is 0 Å². The van der Waals surface area contributed by atoms with Crippen LogP contribution in [0, 0.1) is 0 Å². The molecular formula is H15BO4P4. The van der Waals surface area contributed by atoms with Gasteiger partial charge in [-0.2, -0.15) is 0 Å². The van der Waals surface area contributed by atoms with Crippen molar-refractivity contribution in [1.82, 2.24) is 0 Å². The average Bonchev–Trinajstić information content (AvgIpc) is 2.03. The van der Waals surface area contributed by atoms with Crippen molar-refractivity contribution in [2.45, 2.75) is 0 Å². The molecule has 0 heterocycles. The first kappa shape index (κ1) is 31.1. The summed E-state index contributed by atoms with van der Waals surface area (Å²) in [5.41, 5.74) is 0. The molecule has 4 unspecified atom stereocenters. The molecule has 0 radical (unpaired) electrons. The maximum absolute atomic E-state index is 6.92. The summed E-state index contributed by atoms with van der Waals surface area (Å²) >= 11 is 0. The fraction of sp³-hybridized carbons (Fsp3) is 0. The van der Waals surface area contributed by atoms with E-state index in [2.05, 4.69) is 0 Å². The summed E-state index contributed by atoms with van der Waals surface area (Å²) in [6.45, 7) is 0. The van der Waals surface area contributed by atoms with Crippen LogP contribution in [0.1, 0.15) is 0 Å². The molecule has 4 nitrogen and oxygen atoms in total. The zero-order valence-electron chi connectivity index (χ0n) is 4.10. The molecule has 0 aromatic carbocycles. The Hall–Kier alpha value is 1.62. The molecule has 0 saturated carbocycles. The van der Waals surface area contributed by atoms with Gasteiger partial charge in [-0.3, -0.25) is 0 Å². The highest BCUT2D eigenvalue weighted by Crippen LogP contribution is 1.45. The van der Waals surface area contributed by atoms with Crippen LogP contribution in [-0.4, -0.2) is 28.0 Å². The summed E-state index contributed by atoms with van der Waals surface area (Å²) < 4.78 is 0. The molecule has 0 aromatic heterocycles. The molecule has 0 rings (SSSR count). The molecule has 0 aromatic rings. The first-order valence-electron chi connectivity index (χ1n) is 1.03. The topological polar surface area (TPSA) is 80.9 Å². The van der Waals surface area contributed by atoms with Crippen molar-refractivity contribution in [3.63, 3.8) is 0 Å². The van der Waals surface area contributed by atoms with E-state index in [1.165, 1.54) is 37.9 Å². The number of rotatable bonds is 0. The highest BCUT2D eigenvalue weighted by atomic mass is 31.0. The smallest absolute Gasteiger partial charge is 0.0814 e. The van der Waals surface area contributed by atoms with E-state index < -0.39 is 0 Å². The summed E-state index contributed by atoms with van der Waals surface area (Å²) in [4.78, 5) is 27.7. The quantitative estimate of drug-likeness (QED) is 0.274. The van der Waals surface area contributed by atoms with Gasteiger partial charge in [-0.25, -0.2) is 0 Å². The van der Waals surface area contributed by atoms with Gasteiger partial charge in [0.1, 0.15) is 0 Å². The van der Waals surface area contributed by atoms with Gasteiger partial charge in [0.05, 0.1) is 8.41 Å². The first-order chi connectivity index (χ1) is 4.00. The number of hydrogen-bond donors (Lipinski definition) is 4. The van der Waals surface area contributed by atoms with Crippen LogP contribution in [-0.2, 0) is 0 Å². The van der Waals surface area contributed by atoms with Crippen molar-refractivity contribution in [1.29, 1.82) is 0 Å². The van der Waals surface area contributed by atoms with Gasteiger partial charge in [0, 0.05) is 0 Å². The zero-order valence-corrected chi connectivity index (χ0v) is 8.72. The molecule has 0 amide bonds. The van der Waals surface area contributed by atoms with Gasteiger partial charge in [-0.1, -0.05) is 0 Å². The van der Waals surface area contributed by atoms with Crippen molar-refractivity contribution in [2.75, 3.05) is 0 Å². The van der Waals surface area contributed by atoms with Gasteiger partial charge in [-0.05, 0) is 37.9 Å². The highest BCUT2D eigenvalue weighted by molar-refractivity contribution is 7.08. The van der Waals surface area contributed by atoms with Gasteiger partial charge in [0.25, 0.3) is 0 Å². The van der Waals surface area contributed by atoms with Crippen LogP contribution in [0.4, 0.5) is 0 Å². The van der Waals surface area contributed by atoms with E-state index in [9.17, 15) is 0 Å². The van der Waals surface area contributed by atoms with Crippen molar-refractivity contribution in [3.05, 3.63) is 0 Å². The Labute approximate surface area is 66.6 Å². The Kier molecular flexibility index (Phi) is 937. The molecule has 9 heavy (non-hydrogen) atoms. The third kappa shape index (κ3) is 212. The molecule has 0 aliphatic heterocycles. The SMILES string of the molecule is B.OP.OP.OP.OP. The second-order valence-electron chi connectivity index (χ2n) is 0. The fourth-order valence-corrected chi connectivity index (χ4v) is 0. The maximum atomic E-state index is 6.92. The second kappa shape index (κ2) is 271. The molecule has 62 valence electrons. The van der Waals surface area contributed by atoms with E-state index >= 15 is 0 Å². The van der Waals surface area contributed by atoms with Gasteiger partial charge >= 0.3 is 0 Å². The van der Waals surface area contributed by atoms with Crippen LogP contribution in [0.3, 0.4) is 0 Å². The van der Waals surface area contributed by atoms with Crippen molar-refractivity contribution >= 4 is 46.3 Å². The van der Waals surface area contributed by atoms with Crippen molar-refractivity contribution in [2.24, 2.45) is 0 Å². The Bertz CT molecular complexity index is 12.5. The summed E-state index contributed by atoms with van der Waals surface area (Å²) in [6.07, 6.45) is 0. The minimum atomic E-state index is 0. The number of hydrogen-bond acceptors (Lipinski definition) is 4. The molecule has 0 fully saturated rings. The van der Waals surface area contributed by atoms with E-state index in [1.807, 2.05) is 0 Å². The lowest BCUT2D eigenvalue weighted by atomic mass is 10.8. The van der Waals surface area contributed by atoms with Crippen molar-refractivity contribution in [3.8, 4) is 0 Å². The predicted molar refractivity (Wildman–Crippen MR) is 57.7 cm³/mol. The zero-order chi connectivity index (χ0) is 8.00. The molecule has 0 aliphatic carbocycles. The first-order valence-corrected chi connectivity index (χ1v) is 3.10. The molecule has 0 aliphatic rings. The van der Waals surface area contributed by atoms with Crippen LogP contribution in [0.2, 0.25) is 0 Å². The summed E-state index contributed by atoms with van der Waals surface area (Å²) in [6, 6.07) is 0. The molecule has 0 saturated heterocycles. The molecule has 4 N–H and O–H groups in total. The van der Waals surface area contributed by atoms with Crippen LogP contribution >= 0.6 is 37.9 Å². The summed E-state index contributed by atoms with van der Waals surface area (Å²) in [5.74, 6) is 0. The Morgan fingerprint density at radius 3 is 0.444 bits per heavy atom. The lowest BCUT2D eigenvalue weighted by molar-refractivity contribution is 0.663. The monoisotopic (exact) mass is 214 g/mol. The van der Waals surface area contributed by atoms with Crippen molar-refractivity contribution < 1.29 is 19.6 Å². The van der Waals surface area contributed by atoms with E-state index in [-0.39, 0.29) is 8.41 Å². The third-order valence-corrected chi connectivity index (χ3v) is 0. The molecular weight excluding hydrogens is 199 g/mol. The maximum Gasteiger partial charge on any atom is 0.0814 e. The average molecular weight is 214 g/mol. The molecule has 0 spiro atoms. The van der Waals surface area contributed by atoms with Gasteiger partial charge < -0.3 is 19.6 Å². The minimum Gasteiger partial charge on any atom is -0.380 e. The second-order valence-corrected chi connectivity index (χ2v) is 0. The third-order valence-electron chi connectivity index (χ3n) is 0. The van der Waals surface area contributed by atoms with E-state index in [0.29, 0.717) is 0 Å². The highest BCUT2D eigenvalue weighted by Gasteiger charge is 0.831. The van der Waals surface area contributed by atoms with Gasteiger partial charge in [0.15, 0.2) is 0 Å². The van der Waals surface area contributed by atoms with Gasteiger partial charge in [0.2, 0.25) is 0 Å². The summed E-state index contributed by atoms with van der Waals surface area (Å²) in [7, 11) is 5.67. The molecule has 4 atom stereocenters. The fourth-order valence-electron chi connectivity index (χ4n) is 0. The van der Waals surface area contributed by atoms with E-state index in [4.69, 9.17) is 19.6 Å². The normalized spacial score (nSPS) is 2.67. The Morgan fingerprint density at radius 2 is 0.444 bits per heavy atom. The molecule has 0 bridgehead atoms. The Balaban J connectivity index is -0.00000000762. The van der Waals surface area contributed by atoms with Crippen LogP contribution in [0.25, 0.3) is 0 Å². The van der Waals surface area contributed by atoms with Crippen LogP contribution in [0.15, 0.2) is 0 Å². The predicted octanol–water partition coefficient (Wildman–Crippen LogP) is -2.11. The van der Waals surface area contributed by atoms with E-state index in [0.717, 1.165) is 0 Å². The Morgan fingerprint density at radius 1 is 0.444 bits per heavy atom. The van der Waals surface area contributed by atoms with Gasteiger partial charge in [-0.15, -0.1) is 0 Å². The minimum absolute atomic E-state index is 0. The van der Waals surface area contributed by atoms with Crippen LogP contribution < -0.4 is 0 Å². The van der Waals surface area contributed by atoms with E-state index in [1.54, 1.807) is 0 Å².